The molecule has 0 saturated carbocycles. The van der Waals surface area contributed by atoms with E-state index in [1.807, 2.05) is 0 Å². The molecule has 0 unspecified atom stereocenters. The number of nitrogens with zero attached hydrogens (tertiary/aromatic N) is 1. The number of carbonyl (C=O) groups is 2. The smallest absolute Gasteiger partial charge is 0.266 e. The van der Waals surface area contributed by atoms with E-state index < -0.39 is 0 Å². The average Bonchev–Trinajstić information content (AvgIpc) is 3.37. The van der Waals surface area contributed by atoms with Gasteiger partial charge in [0.2, 0.25) is 18.4 Å². The van der Waals surface area contributed by atoms with Gasteiger partial charge in [0.1, 0.15) is 10.9 Å². The van der Waals surface area contributed by atoms with E-state index in [1.165, 1.54) is 26.2 Å². The quantitative estimate of drug-likeness (QED) is 0.465. The summed E-state index contributed by atoms with van der Waals surface area (Å²) in [7, 11) is 4.54. The van der Waals surface area contributed by atoms with E-state index in [4.69, 9.17) is 35.9 Å². The number of anilines is 1. The first-order chi connectivity index (χ1) is 15.9. The molecule has 9 nitrogen and oxygen atoms in total. The number of carbonyl (C=O) groups excluding carboxylic acids is 2. The van der Waals surface area contributed by atoms with Gasteiger partial charge in [0, 0.05) is 11.8 Å². The van der Waals surface area contributed by atoms with Gasteiger partial charge >= 0.3 is 0 Å². The Hall–Kier alpha value is -3.44. The van der Waals surface area contributed by atoms with Crippen LogP contribution in [0.2, 0.25) is 0 Å². The molecule has 0 bridgehead atoms. The van der Waals surface area contributed by atoms with Gasteiger partial charge in [-0.05, 0) is 35.9 Å². The number of hydrogen-bond donors (Lipinski definition) is 1. The molecule has 1 saturated heterocycles. The van der Waals surface area contributed by atoms with Gasteiger partial charge in [0.15, 0.2) is 23.0 Å². The molecule has 0 atom stereocenters. The maximum atomic E-state index is 12.9. The fourth-order valence-electron chi connectivity index (χ4n) is 3.29. The molecule has 0 spiro atoms. The van der Waals surface area contributed by atoms with Crippen LogP contribution in [0.4, 0.5) is 5.69 Å². The van der Waals surface area contributed by atoms with Gasteiger partial charge in [-0.1, -0.05) is 24.0 Å². The Labute approximate surface area is 199 Å². The standard InChI is InChI=1S/C22H20N2O7S2/c1-27-16-6-12(7-17(28-2)20(16)29-3)8-18-21(26)24(22(32)33-18)10-19(25)23-13-4-5-14-15(9-13)31-11-30-14/h4-9H,10-11H2,1-3H3,(H,23,25). The molecular formula is C22H20N2O7S2. The molecule has 0 aliphatic carbocycles. The summed E-state index contributed by atoms with van der Waals surface area (Å²) in [5.41, 5.74) is 1.19. The molecule has 1 fully saturated rings. The highest BCUT2D eigenvalue weighted by Crippen LogP contribution is 2.40. The Morgan fingerprint density at radius 1 is 1.12 bits per heavy atom. The Bertz CT molecular complexity index is 1140. The van der Waals surface area contributed by atoms with Crippen LogP contribution in [0.15, 0.2) is 35.2 Å². The Kier molecular flexibility index (Phi) is 6.61. The number of rotatable bonds is 7. The van der Waals surface area contributed by atoms with Crippen LogP contribution >= 0.6 is 24.0 Å². The van der Waals surface area contributed by atoms with Crippen LogP contribution in [0.25, 0.3) is 6.08 Å². The topological polar surface area (TPSA) is 95.6 Å². The highest BCUT2D eigenvalue weighted by Gasteiger charge is 2.33. The summed E-state index contributed by atoms with van der Waals surface area (Å²) in [5.74, 6) is 1.78. The average molecular weight is 489 g/mol. The van der Waals surface area contributed by atoms with Crippen LogP contribution in [0.1, 0.15) is 5.56 Å². The highest BCUT2D eigenvalue weighted by atomic mass is 32.2. The minimum absolute atomic E-state index is 0.140. The highest BCUT2D eigenvalue weighted by molar-refractivity contribution is 8.26. The number of hydrogen-bond acceptors (Lipinski definition) is 9. The van der Waals surface area contributed by atoms with E-state index in [0.29, 0.717) is 49.2 Å². The molecule has 2 aromatic carbocycles. The summed E-state index contributed by atoms with van der Waals surface area (Å²) in [6.45, 7) is -0.0761. The van der Waals surface area contributed by atoms with E-state index in [0.717, 1.165) is 11.8 Å². The SMILES string of the molecule is COc1cc(C=C2SC(=S)N(CC(=O)Nc3ccc4c(c3)OCO4)C2=O)cc(OC)c1OC. The summed E-state index contributed by atoms with van der Waals surface area (Å²) >= 11 is 6.45. The van der Waals surface area contributed by atoms with Crippen LogP contribution in [0.3, 0.4) is 0 Å². The van der Waals surface area contributed by atoms with Gasteiger partial charge in [-0.3, -0.25) is 14.5 Å². The molecule has 1 N–H and O–H groups in total. The largest absolute Gasteiger partial charge is 0.493 e. The zero-order valence-electron chi connectivity index (χ0n) is 18.0. The van der Waals surface area contributed by atoms with Crippen molar-refractivity contribution in [3.63, 3.8) is 0 Å². The Morgan fingerprint density at radius 2 is 1.82 bits per heavy atom. The lowest BCUT2D eigenvalue weighted by Crippen LogP contribution is -2.36. The van der Waals surface area contributed by atoms with Gasteiger partial charge < -0.3 is 29.0 Å². The molecule has 33 heavy (non-hydrogen) atoms. The fourth-order valence-corrected chi connectivity index (χ4v) is 4.55. The predicted octanol–water partition coefficient (Wildman–Crippen LogP) is 3.28. The second kappa shape index (κ2) is 9.59. The van der Waals surface area contributed by atoms with Gasteiger partial charge in [-0.2, -0.15) is 0 Å². The molecule has 11 heteroatoms. The minimum atomic E-state index is -0.390. The maximum absolute atomic E-state index is 12.9. The summed E-state index contributed by atoms with van der Waals surface area (Å²) < 4.78 is 26.9. The predicted molar refractivity (Wildman–Crippen MR) is 127 cm³/mol. The number of ether oxygens (including phenoxy) is 5. The van der Waals surface area contributed by atoms with Gasteiger partial charge in [-0.15, -0.1) is 0 Å². The van der Waals surface area contributed by atoms with Crippen molar-refractivity contribution < 1.29 is 33.3 Å². The molecule has 172 valence electrons. The number of amides is 2. The number of benzene rings is 2. The summed E-state index contributed by atoms with van der Waals surface area (Å²) in [4.78, 5) is 27.1. The zero-order chi connectivity index (χ0) is 23.5. The first-order valence-corrected chi connectivity index (χ1v) is 10.9. The van der Waals surface area contributed by atoms with Crippen LogP contribution < -0.4 is 29.0 Å². The summed E-state index contributed by atoms with van der Waals surface area (Å²) in [5, 5.41) is 2.74. The van der Waals surface area contributed by atoms with E-state index in [1.54, 1.807) is 36.4 Å². The molecule has 2 aromatic rings. The summed E-state index contributed by atoms with van der Waals surface area (Å²) in [6.07, 6.45) is 1.67. The van der Waals surface area contributed by atoms with Crippen LogP contribution in [0.5, 0.6) is 28.7 Å². The van der Waals surface area contributed by atoms with Crippen molar-refractivity contribution in [3.8, 4) is 28.7 Å². The van der Waals surface area contributed by atoms with E-state index >= 15 is 0 Å². The molecule has 2 aliphatic heterocycles. The lowest BCUT2D eigenvalue weighted by molar-refractivity contribution is -0.126. The van der Waals surface area contributed by atoms with Crippen molar-refractivity contribution in [2.45, 2.75) is 0 Å². The van der Waals surface area contributed by atoms with E-state index in [9.17, 15) is 9.59 Å². The Morgan fingerprint density at radius 3 is 2.48 bits per heavy atom. The minimum Gasteiger partial charge on any atom is -0.493 e. The number of nitrogens with one attached hydrogen (secondary N) is 1. The monoisotopic (exact) mass is 488 g/mol. The van der Waals surface area contributed by atoms with Crippen molar-refractivity contribution in [2.75, 3.05) is 40.0 Å². The molecule has 0 radical (unpaired) electrons. The van der Waals surface area contributed by atoms with Crippen molar-refractivity contribution in [2.24, 2.45) is 0 Å². The first-order valence-electron chi connectivity index (χ1n) is 9.68. The molecule has 4 rings (SSSR count). The Balaban J connectivity index is 1.48. The zero-order valence-corrected chi connectivity index (χ0v) is 19.6. The van der Waals surface area contributed by atoms with Crippen LogP contribution in [0, 0.1) is 0 Å². The van der Waals surface area contributed by atoms with Crippen LogP contribution in [-0.2, 0) is 9.59 Å². The molecular weight excluding hydrogens is 468 g/mol. The van der Waals surface area contributed by atoms with Crippen LogP contribution in [-0.4, -0.2) is 55.7 Å². The normalized spacial score (nSPS) is 15.7. The molecule has 2 aliphatic rings. The van der Waals surface area contributed by atoms with Gasteiger partial charge in [-0.25, -0.2) is 0 Å². The fraction of sp³-hybridized carbons (Fsp3) is 0.227. The van der Waals surface area contributed by atoms with Crippen molar-refractivity contribution in [3.05, 3.63) is 40.8 Å². The van der Waals surface area contributed by atoms with Crippen molar-refractivity contribution in [1.29, 1.82) is 0 Å². The number of methoxy groups -OCH3 is 3. The van der Waals surface area contributed by atoms with Crippen molar-refractivity contribution in [1.82, 2.24) is 4.90 Å². The van der Waals surface area contributed by atoms with Crippen molar-refractivity contribution >= 4 is 51.9 Å². The molecule has 2 amide bonds. The third-order valence-electron chi connectivity index (χ3n) is 4.82. The maximum Gasteiger partial charge on any atom is 0.266 e. The van der Waals surface area contributed by atoms with Gasteiger partial charge in [0.25, 0.3) is 5.91 Å². The molecule has 0 aromatic heterocycles. The third kappa shape index (κ3) is 4.69. The lowest BCUT2D eigenvalue weighted by atomic mass is 10.1. The van der Waals surface area contributed by atoms with Gasteiger partial charge in [0.05, 0.1) is 26.2 Å². The second-order valence-electron chi connectivity index (χ2n) is 6.84. The number of thioether (sulfide) groups is 1. The number of thiocarbonyl (C=S) groups is 1. The second-order valence-corrected chi connectivity index (χ2v) is 8.52. The lowest BCUT2D eigenvalue weighted by Gasteiger charge is -2.14. The number of fused-ring (bicyclic) bond motifs is 1. The first kappa shape index (κ1) is 22.7. The third-order valence-corrected chi connectivity index (χ3v) is 6.19. The molecule has 2 heterocycles. The van der Waals surface area contributed by atoms with E-state index in [-0.39, 0.29) is 25.2 Å². The van der Waals surface area contributed by atoms with E-state index in [2.05, 4.69) is 5.32 Å². The summed E-state index contributed by atoms with van der Waals surface area (Å²) in [6, 6.07) is 8.51.